The fourth-order valence-corrected chi connectivity index (χ4v) is 1.93. The molecule has 0 amide bonds. The Morgan fingerprint density at radius 2 is 2.29 bits per heavy atom. The predicted molar refractivity (Wildman–Crippen MR) is 72.2 cm³/mol. The first-order valence-electron chi connectivity index (χ1n) is 5.25. The molecular weight excluding hydrogens is 304 g/mol. The number of nitrogens with zero attached hydrogens (tertiary/aromatic N) is 3. The third kappa shape index (κ3) is 3.20. The monoisotopic (exact) mass is 314 g/mol. The lowest BCUT2D eigenvalue weighted by atomic mass is 10.3. The van der Waals surface area contributed by atoms with Gasteiger partial charge in [0.25, 0.3) is 0 Å². The first-order chi connectivity index (χ1) is 8.19. The predicted octanol–water partition coefficient (Wildman–Crippen LogP) is 3.33. The van der Waals surface area contributed by atoms with E-state index < -0.39 is 0 Å². The largest absolute Gasteiger partial charge is 0.379 e. The first kappa shape index (κ1) is 12.4. The Bertz CT molecular complexity index is 512. The minimum absolute atomic E-state index is 0.611. The van der Waals surface area contributed by atoms with E-state index in [1.807, 2.05) is 23.1 Å². The number of halogens is 2. The van der Waals surface area contributed by atoms with E-state index in [1.165, 1.54) is 0 Å². The molecule has 2 aromatic heterocycles. The van der Waals surface area contributed by atoms with Gasteiger partial charge in [-0.15, -0.1) is 0 Å². The van der Waals surface area contributed by atoms with Crippen LogP contribution in [0.4, 0.5) is 5.69 Å². The minimum Gasteiger partial charge on any atom is -0.379 e. The number of anilines is 1. The van der Waals surface area contributed by atoms with Gasteiger partial charge in [-0.1, -0.05) is 11.6 Å². The summed E-state index contributed by atoms with van der Waals surface area (Å²) in [6.07, 6.45) is 5.47. The zero-order valence-corrected chi connectivity index (χ0v) is 11.7. The van der Waals surface area contributed by atoms with Gasteiger partial charge in [0.1, 0.15) is 4.60 Å². The molecule has 0 unspecified atom stereocenters. The number of hydrogen-bond donors (Lipinski definition) is 1. The molecule has 2 heterocycles. The molecule has 1 N–H and O–H groups in total. The first-order valence-corrected chi connectivity index (χ1v) is 6.42. The Morgan fingerprint density at radius 1 is 1.47 bits per heavy atom. The van der Waals surface area contributed by atoms with E-state index >= 15 is 0 Å². The van der Waals surface area contributed by atoms with Crippen molar-refractivity contribution in [2.75, 3.05) is 5.32 Å². The van der Waals surface area contributed by atoms with E-state index in [2.05, 4.69) is 38.3 Å². The van der Waals surface area contributed by atoms with Gasteiger partial charge in [-0.2, -0.15) is 5.10 Å². The zero-order chi connectivity index (χ0) is 12.3. The van der Waals surface area contributed by atoms with E-state index in [-0.39, 0.29) is 0 Å². The lowest BCUT2D eigenvalue weighted by Crippen LogP contribution is -2.00. The highest BCUT2D eigenvalue weighted by atomic mass is 79.9. The molecular formula is C11H12BrClN4. The number of rotatable bonds is 4. The SMILES string of the molecule is CCn1cc(CNc2cc(Cl)cnc2Br)cn1. The highest BCUT2D eigenvalue weighted by Gasteiger charge is 2.03. The average Bonchev–Trinajstić information content (AvgIpc) is 2.78. The minimum atomic E-state index is 0.611. The molecule has 0 bridgehead atoms. The van der Waals surface area contributed by atoms with Crippen molar-refractivity contribution in [2.45, 2.75) is 20.0 Å². The molecule has 4 nitrogen and oxygen atoms in total. The van der Waals surface area contributed by atoms with E-state index in [9.17, 15) is 0 Å². The van der Waals surface area contributed by atoms with Crippen LogP contribution < -0.4 is 5.32 Å². The fraction of sp³-hybridized carbons (Fsp3) is 0.273. The summed E-state index contributed by atoms with van der Waals surface area (Å²) in [5.74, 6) is 0. The molecule has 0 saturated carbocycles. The van der Waals surface area contributed by atoms with Gasteiger partial charge >= 0.3 is 0 Å². The van der Waals surface area contributed by atoms with E-state index in [0.29, 0.717) is 11.6 Å². The standard InChI is InChI=1S/C11H12BrClN4/c1-2-17-7-8(5-16-17)4-14-10-3-9(13)6-15-11(10)12/h3,5-7,14H,2,4H2,1H3. The third-order valence-corrected chi connectivity index (χ3v) is 3.14. The highest BCUT2D eigenvalue weighted by Crippen LogP contribution is 2.23. The Labute approximate surface area is 113 Å². The van der Waals surface area contributed by atoms with Gasteiger partial charge < -0.3 is 5.32 Å². The number of aromatic nitrogens is 3. The molecule has 6 heteroatoms. The van der Waals surface area contributed by atoms with Crippen LogP contribution >= 0.6 is 27.5 Å². The quantitative estimate of drug-likeness (QED) is 0.880. The number of hydrogen-bond acceptors (Lipinski definition) is 3. The number of nitrogens with one attached hydrogen (secondary N) is 1. The Balaban J connectivity index is 2.04. The van der Waals surface area contributed by atoms with Crippen LogP contribution in [0.25, 0.3) is 0 Å². The molecule has 0 aromatic carbocycles. The maximum absolute atomic E-state index is 5.89. The summed E-state index contributed by atoms with van der Waals surface area (Å²) in [6.45, 7) is 3.63. The van der Waals surface area contributed by atoms with Crippen molar-refractivity contribution in [3.63, 3.8) is 0 Å². The molecule has 0 atom stereocenters. The van der Waals surface area contributed by atoms with E-state index in [1.54, 1.807) is 6.20 Å². The number of pyridine rings is 1. The van der Waals surface area contributed by atoms with E-state index in [0.717, 1.165) is 22.4 Å². The highest BCUT2D eigenvalue weighted by molar-refractivity contribution is 9.10. The Morgan fingerprint density at radius 3 is 3.00 bits per heavy atom. The maximum Gasteiger partial charge on any atom is 0.129 e. The summed E-state index contributed by atoms with van der Waals surface area (Å²) >= 11 is 9.26. The summed E-state index contributed by atoms with van der Waals surface area (Å²) in [5.41, 5.74) is 2.00. The molecule has 0 saturated heterocycles. The van der Waals surface area contributed by atoms with Crippen LogP contribution in [0.3, 0.4) is 0 Å². The molecule has 2 rings (SSSR count). The van der Waals surface area contributed by atoms with Crippen LogP contribution in [0.2, 0.25) is 5.02 Å². The van der Waals surface area contributed by atoms with Gasteiger partial charge in [0.05, 0.1) is 16.9 Å². The van der Waals surface area contributed by atoms with Crippen LogP contribution in [-0.2, 0) is 13.1 Å². The smallest absolute Gasteiger partial charge is 0.129 e. The van der Waals surface area contributed by atoms with Crippen molar-refractivity contribution >= 4 is 33.2 Å². The molecule has 2 aromatic rings. The van der Waals surface area contributed by atoms with Crippen LogP contribution in [0, 0.1) is 0 Å². The van der Waals surface area contributed by atoms with Gasteiger partial charge in [-0.3, -0.25) is 4.68 Å². The van der Waals surface area contributed by atoms with Crippen LogP contribution in [0.15, 0.2) is 29.3 Å². The normalized spacial score (nSPS) is 10.5. The third-order valence-electron chi connectivity index (χ3n) is 2.30. The second-order valence-electron chi connectivity index (χ2n) is 3.55. The summed E-state index contributed by atoms with van der Waals surface area (Å²) in [5, 5.41) is 8.08. The van der Waals surface area contributed by atoms with Gasteiger partial charge in [0.15, 0.2) is 0 Å². The van der Waals surface area contributed by atoms with Crippen molar-refractivity contribution < 1.29 is 0 Å². The summed E-state index contributed by atoms with van der Waals surface area (Å²) < 4.78 is 2.65. The maximum atomic E-state index is 5.89. The van der Waals surface area contributed by atoms with Gasteiger partial charge in [0, 0.05) is 31.0 Å². The van der Waals surface area contributed by atoms with Crippen LogP contribution in [0.5, 0.6) is 0 Å². The average molecular weight is 316 g/mol. The second kappa shape index (κ2) is 5.51. The Hall–Kier alpha value is -1.07. The zero-order valence-electron chi connectivity index (χ0n) is 9.32. The summed E-state index contributed by atoms with van der Waals surface area (Å²) in [4.78, 5) is 4.11. The van der Waals surface area contributed by atoms with Crippen molar-refractivity contribution in [1.29, 1.82) is 0 Å². The van der Waals surface area contributed by atoms with Crippen molar-refractivity contribution in [2.24, 2.45) is 0 Å². The summed E-state index contributed by atoms with van der Waals surface area (Å²) in [7, 11) is 0. The molecule has 90 valence electrons. The Kier molecular flexibility index (Phi) is 4.02. The lowest BCUT2D eigenvalue weighted by Gasteiger charge is -2.06. The second-order valence-corrected chi connectivity index (χ2v) is 4.74. The molecule has 0 spiro atoms. The van der Waals surface area contributed by atoms with Gasteiger partial charge in [0.2, 0.25) is 0 Å². The molecule has 0 aliphatic heterocycles. The number of aryl methyl sites for hydroxylation is 1. The molecule has 0 radical (unpaired) electrons. The lowest BCUT2D eigenvalue weighted by molar-refractivity contribution is 0.659. The van der Waals surface area contributed by atoms with Gasteiger partial charge in [-0.05, 0) is 28.9 Å². The molecule has 0 aliphatic carbocycles. The summed E-state index contributed by atoms with van der Waals surface area (Å²) in [6, 6.07) is 1.84. The molecule has 17 heavy (non-hydrogen) atoms. The van der Waals surface area contributed by atoms with Crippen LogP contribution in [-0.4, -0.2) is 14.8 Å². The van der Waals surface area contributed by atoms with E-state index in [4.69, 9.17) is 11.6 Å². The van der Waals surface area contributed by atoms with Crippen molar-refractivity contribution in [1.82, 2.24) is 14.8 Å². The van der Waals surface area contributed by atoms with Gasteiger partial charge in [-0.25, -0.2) is 4.98 Å². The molecule has 0 aliphatic rings. The van der Waals surface area contributed by atoms with Crippen LogP contribution in [0.1, 0.15) is 12.5 Å². The van der Waals surface area contributed by atoms with Crippen molar-refractivity contribution in [3.05, 3.63) is 39.8 Å². The topological polar surface area (TPSA) is 42.7 Å². The van der Waals surface area contributed by atoms with Crippen molar-refractivity contribution in [3.8, 4) is 0 Å². The molecule has 0 fully saturated rings. The fourth-order valence-electron chi connectivity index (χ4n) is 1.41.